The van der Waals surface area contributed by atoms with Gasteiger partial charge < -0.3 is 16.0 Å². The molecule has 0 aliphatic rings. The van der Waals surface area contributed by atoms with Crippen molar-refractivity contribution in [3.63, 3.8) is 0 Å². The molecule has 2 rings (SSSR count). The molecular formula is C18H20N4O3. The van der Waals surface area contributed by atoms with Crippen molar-refractivity contribution in [2.24, 2.45) is 0 Å². The first kappa shape index (κ1) is 18.1. The predicted octanol–water partition coefficient (Wildman–Crippen LogP) is 1.97. The quantitative estimate of drug-likeness (QED) is 0.748. The monoisotopic (exact) mass is 340 g/mol. The molecule has 3 amide bonds. The van der Waals surface area contributed by atoms with E-state index in [0.29, 0.717) is 29.9 Å². The highest BCUT2D eigenvalue weighted by Gasteiger charge is 2.10. The summed E-state index contributed by atoms with van der Waals surface area (Å²) in [5.74, 6) is -0.822. The second-order valence-electron chi connectivity index (χ2n) is 5.49. The standard InChI is InChI=1S/C18H20N4O3/c1-12(23)21-16-9-14(10-17(11-16)22-13(2)24)18(25)20-8-6-15-5-3-4-7-19-15/h3-5,7,9-11H,6,8H2,1-2H3,(H,20,25)(H,21,23)(H,22,24). The van der Waals surface area contributed by atoms with Crippen molar-refractivity contribution in [2.75, 3.05) is 17.2 Å². The fraction of sp³-hybridized carbons (Fsp3) is 0.222. The van der Waals surface area contributed by atoms with Gasteiger partial charge in [0.2, 0.25) is 11.8 Å². The lowest BCUT2D eigenvalue weighted by atomic mass is 10.1. The minimum atomic E-state index is -0.297. The number of amides is 3. The maximum atomic E-state index is 12.4. The maximum absolute atomic E-state index is 12.4. The molecule has 7 heteroatoms. The predicted molar refractivity (Wildman–Crippen MR) is 95.3 cm³/mol. The van der Waals surface area contributed by atoms with Gasteiger partial charge in [-0.15, -0.1) is 0 Å². The van der Waals surface area contributed by atoms with Crippen molar-refractivity contribution in [2.45, 2.75) is 20.3 Å². The zero-order chi connectivity index (χ0) is 18.2. The van der Waals surface area contributed by atoms with Crippen molar-refractivity contribution >= 4 is 29.1 Å². The van der Waals surface area contributed by atoms with Gasteiger partial charge in [-0.05, 0) is 30.3 Å². The number of carbonyl (C=O) groups is 3. The Morgan fingerprint density at radius 3 is 2.12 bits per heavy atom. The van der Waals surface area contributed by atoms with Gasteiger partial charge in [0.25, 0.3) is 5.91 Å². The number of carbonyl (C=O) groups excluding carboxylic acids is 3. The summed E-state index contributed by atoms with van der Waals surface area (Å²) in [6.45, 7) is 3.17. The average Bonchev–Trinajstić information content (AvgIpc) is 2.54. The van der Waals surface area contributed by atoms with E-state index in [-0.39, 0.29) is 17.7 Å². The number of nitrogens with zero attached hydrogens (tertiary/aromatic N) is 1. The number of hydrogen-bond donors (Lipinski definition) is 3. The van der Waals surface area contributed by atoms with Gasteiger partial charge >= 0.3 is 0 Å². The number of benzene rings is 1. The summed E-state index contributed by atoms with van der Waals surface area (Å²) < 4.78 is 0. The Balaban J connectivity index is 2.08. The Morgan fingerprint density at radius 2 is 1.60 bits per heavy atom. The van der Waals surface area contributed by atoms with E-state index < -0.39 is 0 Å². The molecule has 0 radical (unpaired) electrons. The number of nitrogens with one attached hydrogen (secondary N) is 3. The topological polar surface area (TPSA) is 100 Å². The minimum Gasteiger partial charge on any atom is -0.352 e. The summed E-state index contributed by atoms with van der Waals surface area (Å²) in [6, 6.07) is 10.3. The molecule has 0 bridgehead atoms. The van der Waals surface area contributed by atoms with Crippen LogP contribution in [-0.2, 0) is 16.0 Å². The van der Waals surface area contributed by atoms with Crippen molar-refractivity contribution < 1.29 is 14.4 Å². The van der Waals surface area contributed by atoms with Crippen LogP contribution in [0.25, 0.3) is 0 Å². The lowest BCUT2D eigenvalue weighted by Gasteiger charge is -2.11. The van der Waals surface area contributed by atoms with Crippen LogP contribution in [0.5, 0.6) is 0 Å². The van der Waals surface area contributed by atoms with Crippen LogP contribution in [0.2, 0.25) is 0 Å². The molecule has 1 aromatic heterocycles. The highest BCUT2D eigenvalue weighted by Crippen LogP contribution is 2.19. The fourth-order valence-corrected chi connectivity index (χ4v) is 2.26. The van der Waals surface area contributed by atoms with Crippen LogP contribution < -0.4 is 16.0 Å². The van der Waals surface area contributed by atoms with Crippen LogP contribution in [0.15, 0.2) is 42.6 Å². The Kier molecular flexibility index (Phi) is 6.22. The second-order valence-corrected chi connectivity index (χ2v) is 5.49. The van der Waals surface area contributed by atoms with Gasteiger partial charge in [0.05, 0.1) is 0 Å². The molecule has 2 aromatic rings. The summed E-state index contributed by atoms with van der Waals surface area (Å²) in [5.41, 5.74) is 2.10. The molecular weight excluding hydrogens is 320 g/mol. The van der Waals surface area contributed by atoms with E-state index in [0.717, 1.165) is 5.69 Å². The van der Waals surface area contributed by atoms with E-state index in [2.05, 4.69) is 20.9 Å². The molecule has 0 aliphatic carbocycles. The number of anilines is 2. The van der Waals surface area contributed by atoms with Crippen LogP contribution >= 0.6 is 0 Å². The van der Waals surface area contributed by atoms with Crippen LogP contribution in [-0.4, -0.2) is 29.3 Å². The minimum absolute atomic E-state index is 0.263. The smallest absolute Gasteiger partial charge is 0.251 e. The van der Waals surface area contributed by atoms with Crippen LogP contribution in [0.4, 0.5) is 11.4 Å². The Morgan fingerprint density at radius 1 is 0.960 bits per heavy atom. The largest absolute Gasteiger partial charge is 0.352 e. The third-order valence-electron chi connectivity index (χ3n) is 3.23. The van der Waals surface area contributed by atoms with E-state index in [1.54, 1.807) is 24.4 Å². The second kappa shape index (κ2) is 8.58. The molecule has 0 saturated carbocycles. The van der Waals surface area contributed by atoms with Crippen LogP contribution in [0.1, 0.15) is 29.9 Å². The van der Waals surface area contributed by atoms with Crippen molar-refractivity contribution in [3.05, 3.63) is 53.9 Å². The third kappa shape index (κ3) is 6.06. The maximum Gasteiger partial charge on any atom is 0.251 e. The number of aromatic nitrogens is 1. The highest BCUT2D eigenvalue weighted by molar-refractivity contribution is 5.99. The molecule has 1 aromatic carbocycles. The van der Waals surface area contributed by atoms with Crippen molar-refractivity contribution in [1.82, 2.24) is 10.3 Å². The molecule has 0 saturated heterocycles. The normalized spacial score (nSPS) is 10.0. The number of hydrogen-bond acceptors (Lipinski definition) is 4. The molecule has 0 spiro atoms. The zero-order valence-corrected chi connectivity index (χ0v) is 14.1. The lowest BCUT2D eigenvalue weighted by Crippen LogP contribution is -2.26. The van der Waals surface area contributed by atoms with Gasteiger partial charge in [0.15, 0.2) is 0 Å². The first-order valence-corrected chi connectivity index (χ1v) is 7.82. The van der Waals surface area contributed by atoms with E-state index >= 15 is 0 Å². The average molecular weight is 340 g/mol. The molecule has 7 nitrogen and oxygen atoms in total. The van der Waals surface area contributed by atoms with Gasteiger partial charge in [0.1, 0.15) is 0 Å². The number of pyridine rings is 1. The van der Waals surface area contributed by atoms with E-state index in [9.17, 15) is 14.4 Å². The summed E-state index contributed by atoms with van der Waals surface area (Å²) in [6.07, 6.45) is 2.31. The molecule has 0 unspecified atom stereocenters. The molecule has 25 heavy (non-hydrogen) atoms. The van der Waals surface area contributed by atoms with Gasteiger partial charge in [-0.2, -0.15) is 0 Å². The highest BCUT2D eigenvalue weighted by atomic mass is 16.2. The fourth-order valence-electron chi connectivity index (χ4n) is 2.26. The van der Waals surface area contributed by atoms with Gasteiger partial charge in [-0.3, -0.25) is 19.4 Å². The first-order chi connectivity index (χ1) is 11.9. The molecule has 130 valence electrons. The van der Waals surface area contributed by atoms with Crippen LogP contribution in [0, 0.1) is 0 Å². The Bertz CT molecular complexity index is 741. The Labute approximate surface area is 145 Å². The van der Waals surface area contributed by atoms with Crippen molar-refractivity contribution in [3.8, 4) is 0 Å². The molecule has 0 atom stereocenters. The number of rotatable bonds is 6. The van der Waals surface area contributed by atoms with Gasteiger partial charge in [0, 0.05) is 55.6 Å². The summed E-state index contributed by atoms with van der Waals surface area (Å²) >= 11 is 0. The van der Waals surface area contributed by atoms with Gasteiger partial charge in [-0.1, -0.05) is 6.07 Å². The molecule has 0 fully saturated rings. The van der Waals surface area contributed by atoms with E-state index in [4.69, 9.17) is 0 Å². The van der Waals surface area contributed by atoms with E-state index in [1.807, 2.05) is 18.2 Å². The summed E-state index contributed by atoms with van der Waals surface area (Å²) in [4.78, 5) is 39.1. The van der Waals surface area contributed by atoms with Crippen molar-refractivity contribution in [1.29, 1.82) is 0 Å². The summed E-state index contributed by atoms with van der Waals surface area (Å²) in [7, 11) is 0. The summed E-state index contributed by atoms with van der Waals surface area (Å²) in [5, 5.41) is 8.03. The molecule has 1 heterocycles. The van der Waals surface area contributed by atoms with Gasteiger partial charge in [-0.25, -0.2) is 0 Å². The first-order valence-electron chi connectivity index (χ1n) is 7.82. The van der Waals surface area contributed by atoms with E-state index in [1.165, 1.54) is 13.8 Å². The van der Waals surface area contributed by atoms with Crippen LogP contribution in [0.3, 0.4) is 0 Å². The molecule has 0 aliphatic heterocycles. The Hall–Kier alpha value is -3.22. The molecule has 3 N–H and O–H groups in total. The SMILES string of the molecule is CC(=O)Nc1cc(NC(C)=O)cc(C(=O)NCCc2ccccn2)c1. The lowest BCUT2D eigenvalue weighted by molar-refractivity contribution is -0.115. The zero-order valence-electron chi connectivity index (χ0n) is 14.1. The third-order valence-corrected chi connectivity index (χ3v) is 3.23.